The lowest BCUT2D eigenvalue weighted by Gasteiger charge is -2.18. The molecule has 0 bridgehead atoms. The maximum absolute atomic E-state index is 12.7. The highest BCUT2D eigenvalue weighted by Gasteiger charge is 2.19. The van der Waals surface area contributed by atoms with E-state index in [2.05, 4.69) is 81.5 Å². The molecule has 0 radical (unpaired) electrons. The Morgan fingerprint density at radius 3 is 1.02 bits per heavy atom. The normalized spacial score (nSPS) is 12.5. The van der Waals surface area contributed by atoms with Crippen LogP contribution >= 0.6 is 0 Å². The third-order valence-corrected chi connectivity index (χ3v) is 10.8. The van der Waals surface area contributed by atoms with Gasteiger partial charge in [-0.1, -0.05) is 223 Å². The second-order valence-electron chi connectivity index (χ2n) is 16.7. The highest BCUT2D eigenvalue weighted by atomic mass is 16.6. The average Bonchev–Trinajstić information content (AvgIpc) is 3.24. The summed E-state index contributed by atoms with van der Waals surface area (Å²) in [5.41, 5.74) is 0. The Morgan fingerprint density at radius 2 is 0.650 bits per heavy atom. The number of carbonyl (C=O) groups is 3. The van der Waals surface area contributed by atoms with Crippen molar-refractivity contribution >= 4 is 17.9 Å². The molecule has 0 fully saturated rings. The third kappa shape index (κ3) is 46.2. The zero-order chi connectivity index (χ0) is 43.7. The van der Waals surface area contributed by atoms with Crippen molar-refractivity contribution in [1.82, 2.24) is 0 Å². The van der Waals surface area contributed by atoms with Gasteiger partial charge in [-0.05, 0) is 64.2 Å². The molecule has 0 aliphatic rings. The molecular formula is C54H94O6. The van der Waals surface area contributed by atoms with Crippen LogP contribution < -0.4 is 0 Å². The first-order chi connectivity index (χ1) is 29.5. The molecule has 1 atom stereocenters. The van der Waals surface area contributed by atoms with Crippen LogP contribution in [-0.2, 0) is 28.6 Å². The molecule has 0 aromatic heterocycles. The number of hydrogen-bond donors (Lipinski definition) is 0. The summed E-state index contributed by atoms with van der Waals surface area (Å²) in [6.07, 6.45) is 59.2. The average molecular weight is 839 g/mol. The largest absolute Gasteiger partial charge is 0.462 e. The van der Waals surface area contributed by atoms with Crippen molar-refractivity contribution in [3.8, 4) is 0 Å². The van der Waals surface area contributed by atoms with E-state index in [0.29, 0.717) is 19.3 Å². The Morgan fingerprint density at radius 1 is 0.350 bits per heavy atom. The predicted molar refractivity (Wildman–Crippen MR) is 256 cm³/mol. The minimum Gasteiger partial charge on any atom is -0.462 e. The molecule has 0 spiro atoms. The fourth-order valence-electron chi connectivity index (χ4n) is 7.00. The Balaban J connectivity index is 4.30. The van der Waals surface area contributed by atoms with Crippen molar-refractivity contribution in [2.75, 3.05) is 13.2 Å². The van der Waals surface area contributed by atoms with Gasteiger partial charge in [-0.3, -0.25) is 14.4 Å². The first-order valence-electron chi connectivity index (χ1n) is 25.3. The second kappa shape index (κ2) is 48.8. The molecule has 0 saturated heterocycles. The molecule has 0 aliphatic heterocycles. The lowest BCUT2D eigenvalue weighted by atomic mass is 10.0. The Labute approximate surface area is 370 Å². The van der Waals surface area contributed by atoms with Gasteiger partial charge >= 0.3 is 17.9 Å². The zero-order valence-electron chi connectivity index (χ0n) is 39.5. The monoisotopic (exact) mass is 839 g/mol. The Hall–Kier alpha value is -2.89. The van der Waals surface area contributed by atoms with E-state index in [0.717, 1.165) is 109 Å². The summed E-state index contributed by atoms with van der Waals surface area (Å²) < 4.78 is 16.7. The molecule has 6 nitrogen and oxygen atoms in total. The van der Waals surface area contributed by atoms with E-state index in [-0.39, 0.29) is 31.1 Å². The fraction of sp³-hybridized carbons (Fsp3) is 0.759. The summed E-state index contributed by atoms with van der Waals surface area (Å²) in [7, 11) is 0. The van der Waals surface area contributed by atoms with Gasteiger partial charge in [0.05, 0.1) is 0 Å². The summed E-state index contributed by atoms with van der Waals surface area (Å²) in [4.78, 5) is 37.8. The van der Waals surface area contributed by atoms with Crippen LogP contribution in [0.4, 0.5) is 0 Å². The van der Waals surface area contributed by atoms with Gasteiger partial charge in [-0.25, -0.2) is 0 Å². The molecule has 6 heteroatoms. The van der Waals surface area contributed by atoms with Crippen molar-refractivity contribution in [1.29, 1.82) is 0 Å². The fourth-order valence-corrected chi connectivity index (χ4v) is 7.00. The summed E-state index contributed by atoms with van der Waals surface area (Å²) >= 11 is 0. The number of hydrogen-bond acceptors (Lipinski definition) is 6. The molecule has 0 heterocycles. The van der Waals surface area contributed by atoms with Crippen LogP contribution in [0.2, 0.25) is 0 Å². The van der Waals surface area contributed by atoms with Gasteiger partial charge in [0.2, 0.25) is 0 Å². The van der Waals surface area contributed by atoms with Crippen LogP contribution in [0.5, 0.6) is 0 Å². The van der Waals surface area contributed by atoms with Crippen LogP contribution in [0, 0.1) is 0 Å². The quantitative estimate of drug-likeness (QED) is 0.0263. The molecule has 0 aliphatic carbocycles. The predicted octanol–water partition coefficient (Wildman–Crippen LogP) is 16.5. The van der Waals surface area contributed by atoms with Crippen LogP contribution in [0.15, 0.2) is 60.8 Å². The van der Waals surface area contributed by atoms with E-state index in [9.17, 15) is 14.4 Å². The van der Waals surface area contributed by atoms with E-state index >= 15 is 0 Å². The van der Waals surface area contributed by atoms with Gasteiger partial charge < -0.3 is 14.2 Å². The number of carbonyl (C=O) groups excluding carboxylic acids is 3. The van der Waals surface area contributed by atoms with Crippen molar-refractivity contribution in [2.24, 2.45) is 0 Å². The first-order valence-corrected chi connectivity index (χ1v) is 25.3. The lowest BCUT2D eigenvalue weighted by molar-refractivity contribution is -0.167. The Kier molecular flexibility index (Phi) is 46.4. The van der Waals surface area contributed by atoms with Crippen LogP contribution in [-0.4, -0.2) is 37.2 Å². The van der Waals surface area contributed by atoms with Crippen molar-refractivity contribution in [2.45, 2.75) is 252 Å². The van der Waals surface area contributed by atoms with Crippen molar-refractivity contribution < 1.29 is 28.6 Å². The molecule has 0 amide bonds. The molecule has 60 heavy (non-hydrogen) atoms. The number of esters is 3. The molecule has 1 unspecified atom stereocenters. The maximum Gasteiger partial charge on any atom is 0.306 e. The van der Waals surface area contributed by atoms with Crippen LogP contribution in [0.1, 0.15) is 245 Å². The SMILES string of the molecule is CC/C=C\C/C=C\C/C=C\C/C=C\C/C=C\CCCCCCCC(=O)OCC(COC(=O)CCCCCCCCCC)OC(=O)CCCCCCCCCCCCCCC. The minimum atomic E-state index is -0.776. The first kappa shape index (κ1) is 57.1. The third-order valence-electron chi connectivity index (χ3n) is 10.8. The number of ether oxygens (including phenoxy) is 3. The van der Waals surface area contributed by atoms with Gasteiger partial charge in [0.25, 0.3) is 0 Å². The summed E-state index contributed by atoms with van der Waals surface area (Å²) in [5.74, 6) is -0.898. The standard InChI is InChI=1S/C54H94O6/c1-4-7-10-13-16-19-21-23-24-25-26-27-28-29-30-32-33-35-38-41-44-47-53(56)59-50-51(49-58-52(55)46-43-40-37-18-15-12-9-6-3)60-54(57)48-45-42-39-36-34-31-22-20-17-14-11-8-5-2/h7,10,16,19,23-24,26-27,29-30,51H,4-6,8-9,11-15,17-18,20-22,25,28,31-50H2,1-3H3/b10-7-,19-16-,24-23-,27-26-,30-29-. The highest BCUT2D eigenvalue weighted by molar-refractivity contribution is 5.71. The van der Waals surface area contributed by atoms with Gasteiger partial charge in [0, 0.05) is 19.3 Å². The molecule has 0 rings (SSSR count). The van der Waals surface area contributed by atoms with Crippen LogP contribution in [0.3, 0.4) is 0 Å². The van der Waals surface area contributed by atoms with E-state index in [1.54, 1.807) is 0 Å². The topological polar surface area (TPSA) is 78.9 Å². The van der Waals surface area contributed by atoms with Gasteiger partial charge in [0.1, 0.15) is 13.2 Å². The van der Waals surface area contributed by atoms with E-state index < -0.39 is 6.10 Å². The van der Waals surface area contributed by atoms with Crippen molar-refractivity contribution in [3.05, 3.63) is 60.8 Å². The summed E-state index contributed by atoms with van der Waals surface area (Å²) in [5, 5.41) is 0. The number of allylic oxidation sites excluding steroid dienone is 10. The molecule has 0 saturated carbocycles. The zero-order valence-corrected chi connectivity index (χ0v) is 39.5. The van der Waals surface area contributed by atoms with Crippen LogP contribution in [0.25, 0.3) is 0 Å². The molecular weight excluding hydrogens is 745 g/mol. The Bertz CT molecular complexity index is 1100. The molecule has 0 N–H and O–H groups in total. The summed E-state index contributed by atoms with van der Waals surface area (Å²) in [6, 6.07) is 0. The van der Waals surface area contributed by atoms with Gasteiger partial charge in [0.15, 0.2) is 6.10 Å². The lowest BCUT2D eigenvalue weighted by Crippen LogP contribution is -2.30. The van der Waals surface area contributed by atoms with Gasteiger partial charge in [-0.15, -0.1) is 0 Å². The summed E-state index contributed by atoms with van der Waals surface area (Å²) in [6.45, 7) is 6.48. The second-order valence-corrected chi connectivity index (χ2v) is 16.7. The highest BCUT2D eigenvalue weighted by Crippen LogP contribution is 2.15. The molecule has 0 aromatic carbocycles. The maximum atomic E-state index is 12.7. The smallest absolute Gasteiger partial charge is 0.306 e. The van der Waals surface area contributed by atoms with E-state index in [4.69, 9.17) is 14.2 Å². The molecule has 0 aromatic rings. The number of unbranched alkanes of at least 4 members (excludes halogenated alkanes) is 24. The number of rotatable bonds is 45. The van der Waals surface area contributed by atoms with Crippen molar-refractivity contribution in [3.63, 3.8) is 0 Å². The van der Waals surface area contributed by atoms with E-state index in [1.807, 2.05) is 0 Å². The minimum absolute atomic E-state index is 0.0780. The van der Waals surface area contributed by atoms with E-state index in [1.165, 1.54) is 96.3 Å². The molecule has 346 valence electrons. The van der Waals surface area contributed by atoms with Gasteiger partial charge in [-0.2, -0.15) is 0 Å².